The second-order valence-electron chi connectivity index (χ2n) is 4.22. The monoisotopic (exact) mass is 208 g/mol. The van der Waals surface area contributed by atoms with E-state index in [9.17, 15) is 13.2 Å². The Morgan fingerprint density at radius 1 is 1.21 bits per heavy atom. The van der Waals surface area contributed by atoms with Gasteiger partial charge >= 0.3 is 6.18 Å². The van der Waals surface area contributed by atoms with Gasteiger partial charge in [0.05, 0.1) is 0 Å². The number of hydrogen-bond donors (Lipinski definition) is 0. The van der Waals surface area contributed by atoms with Gasteiger partial charge in [0.15, 0.2) is 0 Å². The highest BCUT2D eigenvalue weighted by Crippen LogP contribution is 2.28. The van der Waals surface area contributed by atoms with Crippen LogP contribution in [0.4, 0.5) is 13.2 Å². The molecule has 1 aromatic rings. The molecule has 0 fully saturated rings. The molecule has 0 radical (unpaired) electrons. The molecule has 1 aromatic heterocycles. The van der Waals surface area contributed by atoms with Crippen molar-refractivity contribution in [2.24, 2.45) is 5.41 Å². The van der Waals surface area contributed by atoms with Crippen molar-refractivity contribution in [3.05, 3.63) is 5.82 Å². The van der Waals surface area contributed by atoms with E-state index in [1.54, 1.807) is 0 Å². The van der Waals surface area contributed by atoms with E-state index in [1.165, 1.54) is 0 Å². The summed E-state index contributed by atoms with van der Waals surface area (Å²) < 4.78 is 37.7. The van der Waals surface area contributed by atoms with E-state index < -0.39 is 12.0 Å². The summed E-state index contributed by atoms with van der Waals surface area (Å²) >= 11 is 0. The van der Waals surface area contributed by atoms with Crippen molar-refractivity contribution in [1.29, 1.82) is 0 Å². The molecule has 4 nitrogen and oxygen atoms in total. The van der Waals surface area contributed by atoms with E-state index in [0.29, 0.717) is 0 Å². The van der Waals surface area contributed by atoms with Crippen LogP contribution in [0.3, 0.4) is 0 Å². The SMILES string of the molecule is CC(C)(C)Cn1nnnc1C(F)(F)F. The average Bonchev–Trinajstić information content (AvgIpc) is 2.29. The number of alkyl halides is 3. The summed E-state index contributed by atoms with van der Waals surface area (Å²) in [4.78, 5) is 0. The first-order valence-electron chi connectivity index (χ1n) is 4.03. The van der Waals surface area contributed by atoms with Crippen LogP contribution in [0.25, 0.3) is 0 Å². The number of tetrazole rings is 1. The molecule has 0 saturated carbocycles. The Bertz CT molecular complexity index is 309. The first kappa shape index (κ1) is 10.9. The molecule has 0 amide bonds. The van der Waals surface area contributed by atoms with Gasteiger partial charge in [0.1, 0.15) is 0 Å². The third kappa shape index (κ3) is 2.68. The van der Waals surface area contributed by atoms with Crippen LogP contribution in [0, 0.1) is 5.41 Å². The van der Waals surface area contributed by atoms with Crippen molar-refractivity contribution in [2.75, 3.05) is 0 Å². The van der Waals surface area contributed by atoms with E-state index >= 15 is 0 Å². The van der Waals surface area contributed by atoms with E-state index in [-0.39, 0.29) is 12.0 Å². The average molecular weight is 208 g/mol. The second kappa shape index (κ2) is 3.21. The number of rotatable bonds is 1. The van der Waals surface area contributed by atoms with Crippen LogP contribution in [0.1, 0.15) is 26.6 Å². The topological polar surface area (TPSA) is 43.6 Å². The van der Waals surface area contributed by atoms with Crippen LogP contribution in [0.5, 0.6) is 0 Å². The molecule has 0 N–H and O–H groups in total. The maximum Gasteiger partial charge on any atom is 0.453 e. The summed E-state index contributed by atoms with van der Waals surface area (Å²) in [5, 5.41) is 9.27. The van der Waals surface area contributed by atoms with Crippen molar-refractivity contribution in [1.82, 2.24) is 20.2 Å². The zero-order valence-corrected chi connectivity index (χ0v) is 8.13. The van der Waals surface area contributed by atoms with Crippen molar-refractivity contribution < 1.29 is 13.2 Å². The largest absolute Gasteiger partial charge is 0.453 e. The Morgan fingerprint density at radius 2 is 1.79 bits per heavy atom. The summed E-state index contributed by atoms with van der Waals surface area (Å²) in [5.41, 5.74) is -0.296. The summed E-state index contributed by atoms with van der Waals surface area (Å²) in [6.45, 7) is 5.58. The van der Waals surface area contributed by atoms with Crippen molar-refractivity contribution >= 4 is 0 Å². The van der Waals surface area contributed by atoms with Crippen LogP contribution >= 0.6 is 0 Å². The standard InChI is InChI=1S/C7H11F3N4/c1-6(2,3)4-14-5(7(8,9)10)11-12-13-14/h4H2,1-3H3. The van der Waals surface area contributed by atoms with Gasteiger partial charge in [-0.1, -0.05) is 20.8 Å². The van der Waals surface area contributed by atoms with Crippen molar-refractivity contribution in [3.63, 3.8) is 0 Å². The minimum atomic E-state index is -4.49. The Labute approximate surface area is 79.1 Å². The number of aromatic nitrogens is 4. The molecule has 80 valence electrons. The second-order valence-corrected chi connectivity index (χ2v) is 4.22. The smallest absolute Gasteiger partial charge is 0.221 e. The molecule has 0 bridgehead atoms. The lowest BCUT2D eigenvalue weighted by Gasteiger charge is -2.18. The molecule has 0 aliphatic heterocycles. The van der Waals surface area contributed by atoms with Gasteiger partial charge in [0.25, 0.3) is 5.82 Å². The molecule has 0 aliphatic rings. The zero-order valence-electron chi connectivity index (χ0n) is 8.13. The highest BCUT2D eigenvalue weighted by atomic mass is 19.4. The first-order valence-corrected chi connectivity index (χ1v) is 4.03. The van der Waals surface area contributed by atoms with E-state index in [2.05, 4.69) is 15.5 Å². The molecule has 0 aliphatic carbocycles. The molecule has 0 unspecified atom stereocenters. The fourth-order valence-electron chi connectivity index (χ4n) is 0.963. The number of hydrogen-bond acceptors (Lipinski definition) is 3. The molecule has 0 saturated heterocycles. The van der Waals surface area contributed by atoms with Crippen LogP contribution in [0.15, 0.2) is 0 Å². The van der Waals surface area contributed by atoms with Gasteiger partial charge in [0.2, 0.25) is 0 Å². The minimum Gasteiger partial charge on any atom is -0.221 e. The van der Waals surface area contributed by atoms with Crippen LogP contribution in [0.2, 0.25) is 0 Å². The molecule has 0 aromatic carbocycles. The molecule has 1 heterocycles. The van der Waals surface area contributed by atoms with Crippen molar-refractivity contribution in [2.45, 2.75) is 33.5 Å². The van der Waals surface area contributed by atoms with Gasteiger partial charge < -0.3 is 0 Å². The molecule has 7 heteroatoms. The third-order valence-corrected chi connectivity index (χ3v) is 1.41. The molecular weight excluding hydrogens is 197 g/mol. The Kier molecular flexibility index (Phi) is 2.51. The minimum absolute atomic E-state index is 0.134. The molecule has 0 atom stereocenters. The van der Waals surface area contributed by atoms with E-state index in [4.69, 9.17) is 0 Å². The fourth-order valence-corrected chi connectivity index (χ4v) is 0.963. The van der Waals surface area contributed by atoms with Gasteiger partial charge in [-0.15, -0.1) is 5.10 Å². The van der Waals surface area contributed by atoms with Crippen LogP contribution in [-0.2, 0) is 12.7 Å². The summed E-state index contributed by atoms with van der Waals surface area (Å²) in [6, 6.07) is 0. The maximum atomic E-state index is 12.3. The Balaban J connectivity index is 2.95. The predicted octanol–water partition coefficient (Wildman–Crippen LogP) is 1.74. The molecule has 1 rings (SSSR count). The summed E-state index contributed by atoms with van der Waals surface area (Å²) in [7, 11) is 0. The summed E-state index contributed by atoms with van der Waals surface area (Å²) in [6.07, 6.45) is -4.49. The number of nitrogens with zero attached hydrogens (tertiary/aromatic N) is 4. The Morgan fingerprint density at radius 3 is 2.21 bits per heavy atom. The summed E-state index contributed by atoms with van der Waals surface area (Å²) in [5.74, 6) is -1.05. The van der Waals surface area contributed by atoms with Gasteiger partial charge in [-0.05, 0) is 15.8 Å². The lowest BCUT2D eigenvalue weighted by Crippen LogP contribution is -2.22. The lowest BCUT2D eigenvalue weighted by molar-refractivity contribution is -0.148. The maximum absolute atomic E-state index is 12.3. The normalized spacial score (nSPS) is 13.3. The van der Waals surface area contributed by atoms with Gasteiger partial charge in [-0.3, -0.25) is 0 Å². The first-order chi connectivity index (χ1) is 6.20. The van der Waals surface area contributed by atoms with Crippen LogP contribution < -0.4 is 0 Å². The Hall–Kier alpha value is -1.14. The fraction of sp³-hybridized carbons (Fsp3) is 0.857. The van der Waals surface area contributed by atoms with E-state index in [0.717, 1.165) is 4.68 Å². The number of halogens is 3. The van der Waals surface area contributed by atoms with Gasteiger partial charge in [0, 0.05) is 6.54 Å². The highest BCUT2D eigenvalue weighted by Gasteiger charge is 2.38. The zero-order chi connectivity index (χ0) is 11.0. The molecule has 14 heavy (non-hydrogen) atoms. The third-order valence-electron chi connectivity index (χ3n) is 1.41. The molecule has 0 spiro atoms. The van der Waals surface area contributed by atoms with Gasteiger partial charge in [-0.2, -0.15) is 13.2 Å². The van der Waals surface area contributed by atoms with Crippen LogP contribution in [-0.4, -0.2) is 20.2 Å². The van der Waals surface area contributed by atoms with Crippen molar-refractivity contribution in [3.8, 4) is 0 Å². The predicted molar refractivity (Wildman–Crippen MR) is 42.3 cm³/mol. The van der Waals surface area contributed by atoms with E-state index in [1.807, 2.05) is 20.8 Å². The van der Waals surface area contributed by atoms with Gasteiger partial charge in [-0.25, -0.2) is 4.68 Å². The lowest BCUT2D eigenvalue weighted by atomic mass is 9.97. The quantitative estimate of drug-likeness (QED) is 0.706. The highest BCUT2D eigenvalue weighted by molar-refractivity contribution is 4.87. The molecular formula is C7H11F3N4.